The molecule has 0 atom stereocenters. The van der Waals surface area contributed by atoms with E-state index in [9.17, 15) is 4.39 Å². The van der Waals surface area contributed by atoms with Crippen LogP contribution in [0.3, 0.4) is 0 Å². The summed E-state index contributed by atoms with van der Waals surface area (Å²) in [6.07, 6.45) is 0. The van der Waals surface area contributed by atoms with E-state index in [1.807, 2.05) is 12.1 Å². The summed E-state index contributed by atoms with van der Waals surface area (Å²) in [5.74, 6) is 0.316. The largest absolute Gasteiger partial charge is 0.317 e. The Morgan fingerprint density at radius 1 is 1.33 bits per heavy atom. The molecule has 0 aliphatic carbocycles. The van der Waals surface area contributed by atoms with Gasteiger partial charge in [-0.3, -0.25) is 4.99 Å². The fourth-order valence-corrected chi connectivity index (χ4v) is 5.19. The third-order valence-electron chi connectivity index (χ3n) is 3.77. The van der Waals surface area contributed by atoms with E-state index in [2.05, 4.69) is 23.7 Å². The minimum Gasteiger partial charge on any atom is -0.317 e. The number of thiophene rings is 1. The first-order chi connectivity index (χ1) is 10.1. The van der Waals surface area contributed by atoms with Crippen molar-refractivity contribution in [2.75, 3.05) is 13.1 Å². The van der Waals surface area contributed by atoms with Gasteiger partial charge in [0.25, 0.3) is 0 Å². The van der Waals surface area contributed by atoms with Gasteiger partial charge in [0.1, 0.15) is 5.82 Å². The molecular formula is C16H15FN2S2. The van der Waals surface area contributed by atoms with Crippen molar-refractivity contribution >= 4 is 44.0 Å². The van der Waals surface area contributed by atoms with Gasteiger partial charge in [0, 0.05) is 21.5 Å². The van der Waals surface area contributed by atoms with Crippen LogP contribution >= 0.6 is 23.1 Å². The van der Waals surface area contributed by atoms with Gasteiger partial charge in [-0.2, -0.15) is 0 Å². The van der Waals surface area contributed by atoms with Crippen molar-refractivity contribution in [2.24, 2.45) is 10.9 Å². The van der Waals surface area contributed by atoms with Crippen LogP contribution in [0.4, 0.5) is 4.39 Å². The smallest absolute Gasteiger partial charge is 0.168 e. The third kappa shape index (κ3) is 2.02. The van der Waals surface area contributed by atoms with Crippen molar-refractivity contribution in [3.05, 3.63) is 39.9 Å². The Morgan fingerprint density at radius 2 is 2.19 bits per heavy atom. The molecule has 108 valence electrons. The molecule has 0 bridgehead atoms. The number of fused-ring (bicyclic) bond motifs is 2. The van der Waals surface area contributed by atoms with E-state index in [0.717, 1.165) is 33.2 Å². The summed E-state index contributed by atoms with van der Waals surface area (Å²) in [5, 5.41) is 1.83. The Labute approximate surface area is 131 Å². The number of aliphatic imine (C=N–C) groups is 1. The van der Waals surface area contributed by atoms with E-state index in [1.165, 1.54) is 16.7 Å². The Bertz CT molecular complexity index is 789. The van der Waals surface area contributed by atoms with E-state index in [0.29, 0.717) is 5.92 Å². The maximum Gasteiger partial charge on any atom is 0.168 e. The second-order valence-electron chi connectivity index (χ2n) is 5.55. The number of allylic oxidation sites excluding steroid dienone is 1. The lowest BCUT2D eigenvalue weighted by atomic mass is 10.1. The fourth-order valence-electron chi connectivity index (χ4n) is 2.79. The Morgan fingerprint density at radius 3 is 2.95 bits per heavy atom. The van der Waals surface area contributed by atoms with Gasteiger partial charge in [-0.25, -0.2) is 4.39 Å². The molecule has 2 aliphatic rings. The van der Waals surface area contributed by atoms with E-state index < -0.39 is 0 Å². The fraction of sp³-hybridized carbons (Fsp3) is 0.312. The number of halogens is 1. The highest BCUT2D eigenvalue weighted by molar-refractivity contribution is 8.17. The minimum atomic E-state index is -0.136. The number of hydrogen-bond acceptors (Lipinski definition) is 4. The molecule has 0 unspecified atom stereocenters. The van der Waals surface area contributed by atoms with Crippen LogP contribution in [0.25, 0.3) is 15.8 Å². The molecule has 2 nitrogen and oxygen atoms in total. The molecule has 2 aliphatic heterocycles. The molecule has 0 saturated heterocycles. The lowest BCUT2D eigenvalue weighted by molar-refractivity contribution is 0.639. The van der Waals surface area contributed by atoms with Crippen LogP contribution in [0.15, 0.2) is 34.2 Å². The molecule has 0 saturated carbocycles. The number of hydrogen-bond donors (Lipinski definition) is 0. The van der Waals surface area contributed by atoms with Gasteiger partial charge in [0.2, 0.25) is 0 Å². The molecule has 1 aromatic heterocycles. The van der Waals surface area contributed by atoms with Gasteiger partial charge in [0.05, 0.1) is 17.1 Å². The summed E-state index contributed by atoms with van der Waals surface area (Å²) in [7, 11) is 0. The predicted molar refractivity (Wildman–Crippen MR) is 90.1 cm³/mol. The summed E-state index contributed by atoms with van der Waals surface area (Å²) in [5.41, 5.74) is 1.24. The van der Waals surface area contributed by atoms with Crippen LogP contribution in [0, 0.1) is 11.7 Å². The minimum absolute atomic E-state index is 0.136. The van der Waals surface area contributed by atoms with E-state index in [4.69, 9.17) is 0 Å². The van der Waals surface area contributed by atoms with E-state index in [-0.39, 0.29) is 5.82 Å². The van der Waals surface area contributed by atoms with Crippen molar-refractivity contribution in [1.29, 1.82) is 0 Å². The highest BCUT2D eigenvalue weighted by Gasteiger charge is 2.34. The quantitative estimate of drug-likeness (QED) is 0.791. The third-order valence-corrected chi connectivity index (χ3v) is 6.30. The van der Waals surface area contributed by atoms with Crippen molar-refractivity contribution < 1.29 is 4.39 Å². The molecule has 0 fully saturated rings. The maximum atomic E-state index is 14.0. The van der Waals surface area contributed by atoms with E-state index in [1.54, 1.807) is 29.2 Å². The Kier molecular flexibility index (Phi) is 3.08. The standard InChI is InChI=1S/C16H15FN2S2/c1-9(2)15-14(19-7-6-18-16(19)21-15)13-8-10-11(17)4-3-5-12(10)20-13/h3-5,8-9H,6-7H2,1-2H3. The number of rotatable bonds is 2. The predicted octanol–water partition coefficient (Wildman–Crippen LogP) is 4.78. The number of thioether (sulfide) groups is 1. The van der Waals surface area contributed by atoms with Gasteiger partial charge in [-0.15, -0.1) is 11.3 Å². The average Bonchev–Trinajstić information content (AvgIpc) is 3.10. The van der Waals surface area contributed by atoms with Crippen LogP contribution in [-0.4, -0.2) is 23.2 Å². The molecular weight excluding hydrogens is 303 g/mol. The van der Waals surface area contributed by atoms with Gasteiger partial charge >= 0.3 is 0 Å². The van der Waals surface area contributed by atoms with Crippen molar-refractivity contribution in [3.8, 4) is 0 Å². The zero-order valence-corrected chi connectivity index (χ0v) is 13.5. The van der Waals surface area contributed by atoms with Gasteiger partial charge in [0.15, 0.2) is 5.17 Å². The summed E-state index contributed by atoms with van der Waals surface area (Å²) < 4.78 is 15.0. The van der Waals surface area contributed by atoms with E-state index >= 15 is 0 Å². The van der Waals surface area contributed by atoms with Crippen LogP contribution in [-0.2, 0) is 0 Å². The normalized spacial score (nSPS) is 18.1. The van der Waals surface area contributed by atoms with Crippen LogP contribution in [0.2, 0.25) is 0 Å². The van der Waals surface area contributed by atoms with Gasteiger partial charge in [-0.05, 0) is 24.1 Å². The lowest BCUT2D eigenvalue weighted by Crippen LogP contribution is -2.19. The van der Waals surface area contributed by atoms with Gasteiger partial charge in [-0.1, -0.05) is 31.7 Å². The highest BCUT2D eigenvalue weighted by Crippen LogP contribution is 2.47. The lowest BCUT2D eigenvalue weighted by Gasteiger charge is -2.16. The summed E-state index contributed by atoms with van der Waals surface area (Å²) in [4.78, 5) is 9.37. The first kappa shape index (κ1) is 13.3. The topological polar surface area (TPSA) is 15.6 Å². The van der Waals surface area contributed by atoms with Crippen LogP contribution < -0.4 is 0 Å². The summed E-state index contributed by atoms with van der Waals surface area (Å²) >= 11 is 3.45. The first-order valence-electron chi connectivity index (χ1n) is 7.07. The molecule has 21 heavy (non-hydrogen) atoms. The zero-order chi connectivity index (χ0) is 14.6. The molecule has 0 radical (unpaired) electrons. The van der Waals surface area contributed by atoms with Crippen LogP contribution in [0.1, 0.15) is 18.7 Å². The monoisotopic (exact) mass is 318 g/mol. The Balaban J connectivity index is 1.90. The molecule has 2 aromatic rings. The molecule has 1 aromatic carbocycles. The summed E-state index contributed by atoms with van der Waals surface area (Å²) in [6.45, 7) is 6.21. The molecule has 4 rings (SSSR count). The molecule has 0 N–H and O–H groups in total. The molecule has 3 heterocycles. The second kappa shape index (κ2) is 4.85. The molecule has 5 heteroatoms. The SMILES string of the molecule is CC(C)C1=C(c2cc3c(F)cccc3s2)N2CCN=C2S1. The number of amidine groups is 1. The summed E-state index contributed by atoms with van der Waals surface area (Å²) in [6, 6.07) is 7.29. The maximum absolute atomic E-state index is 14.0. The molecule has 0 amide bonds. The average molecular weight is 318 g/mol. The number of nitrogens with zero attached hydrogens (tertiary/aromatic N) is 2. The second-order valence-corrected chi connectivity index (χ2v) is 7.64. The van der Waals surface area contributed by atoms with Crippen molar-refractivity contribution in [1.82, 2.24) is 4.90 Å². The molecule has 0 spiro atoms. The zero-order valence-electron chi connectivity index (χ0n) is 11.9. The van der Waals surface area contributed by atoms with Crippen LogP contribution in [0.5, 0.6) is 0 Å². The van der Waals surface area contributed by atoms with Gasteiger partial charge < -0.3 is 4.90 Å². The first-order valence-corrected chi connectivity index (χ1v) is 8.71. The number of benzene rings is 1. The Hall–Kier alpha value is -1.33. The highest BCUT2D eigenvalue weighted by atomic mass is 32.2. The van der Waals surface area contributed by atoms with Crippen molar-refractivity contribution in [3.63, 3.8) is 0 Å². The van der Waals surface area contributed by atoms with Crippen molar-refractivity contribution in [2.45, 2.75) is 13.8 Å².